The molecule has 1 N–H and O–H groups in total. The summed E-state index contributed by atoms with van der Waals surface area (Å²) in [6.07, 6.45) is 5.38. The van der Waals surface area contributed by atoms with E-state index in [1.165, 1.54) is 0 Å². The number of benzene rings is 1. The summed E-state index contributed by atoms with van der Waals surface area (Å²) in [5.41, 5.74) is 2.92. The predicted octanol–water partition coefficient (Wildman–Crippen LogP) is 2.18. The molecule has 1 aromatic carbocycles. The van der Waals surface area contributed by atoms with Gasteiger partial charge in [-0.15, -0.1) is 0 Å². The number of rotatable bonds is 7. The van der Waals surface area contributed by atoms with Gasteiger partial charge in [0, 0.05) is 24.6 Å². The van der Waals surface area contributed by atoms with E-state index < -0.39 is 0 Å². The smallest absolute Gasteiger partial charge is 0.286 e. The van der Waals surface area contributed by atoms with Gasteiger partial charge in [0.2, 0.25) is 12.3 Å². The lowest BCUT2D eigenvalue weighted by Gasteiger charge is -2.17. The van der Waals surface area contributed by atoms with Crippen LogP contribution in [-0.2, 0) is 22.4 Å². The van der Waals surface area contributed by atoms with E-state index in [4.69, 9.17) is 0 Å². The van der Waals surface area contributed by atoms with Crippen molar-refractivity contribution in [2.24, 2.45) is 0 Å². The Morgan fingerprint density at radius 3 is 2.36 bits per heavy atom. The molecule has 128 valence electrons. The number of imide groups is 1. The van der Waals surface area contributed by atoms with Gasteiger partial charge >= 0.3 is 0 Å². The molecule has 1 aliphatic heterocycles. The maximum absolute atomic E-state index is 11.6. The Labute approximate surface area is 149 Å². The quantitative estimate of drug-likeness (QED) is 0.770. The van der Waals surface area contributed by atoms with E-state index in [-0.39, 0.29) is 16.4 Å². The van der Waals surface area contributed by atoms with Gasteiger partial charge in [0.15, 0.2) is 0 Å². The minimum Gasteiger partial charge on any atom is -0.315 e. The molecule has 3 rings (SSSR count). The molecule has 2 heterocycles. The molecule has 25 heavy (non-hydrogen) atoms. The zero-order valence-corrected chi connectivity index (χ0v) is 14.2. The van der Waals surface area contributed by atoms with Crippen LogP contribution in [0.15, 0.2) is 48.8 Å². The van der Waals surface area contributed by atoms with Crippen molar-refractivity contribution < 1.29 is 14.4 Å². The number of carbonyl (C=O) groups is 3. The zero-order valence-electron chi connectivity index (χ0n) is 13.4. The van der Waals surface area contributed by atoms with Crippen molar-refractivity contribution >= 4 is 35.0 Å². The molecule has 2 aromatic rings. The lowest BCUT2D eigenvalue weighted by Crippen LogP contribution is -2.25. The highest BCUT2D eigenvalue weighted by atomic mass is 32.2. The van der Waals surface area contributed by atoms with Crippen LogP contribution in [-0.4, -0.2) is 34.3 Å². The van der Waals surface area contributed by atoms with Crippen molar-refractivity contribution in [2.45, 2.75) is 18.1 Å². The number of hydrogen-bond acceptors (Lipinski definition) is 5. The van der Waals surface area contributed by atoms with Crippen molar-refractivity contribution in [2.75, 3.05) is 11.4 Å². The van der Waals surface area contributed by atoms with Crippen LogP contribution >= 0.6 is 11.8 Å². The van der Waals surface area contributed by atoms with Gasteiger partial charge in [0.05, 0.1) is 5.25 Å². The van der Waals surface area contributed by atoms with Gasteiger partial charge in [0.1, 0.15) is 0 Å². The largest absolute Gasteiger partial charge is 0.315 e. The van der Waals surface area contributed by atoms with Crippen molar-refractivity contribution in [1.29, 1.82) is 0 Å². The molecular weight excluding hydrogens is 338 g/mol. The molecule has 0 spiro atoms. The predicted molar refractivity (Wildman–Crippen MR) is 96.4 cm³/mol. The summed E-state index contributed by atoms with van der Waals surface area (Å²) >= 11 is 1.04. The van der Waals surface area contributed by atoms with Crippen molar-refractivity contribution in [1.82, 2.24) is 10.3 Å². The molecule has 0 aliphatic carbocycles. The first-order chi connectivity index (χ1) is 12.2. The summed E-state index contributed by atoms with van der Waals surface area (Å²) in [7, 11) is 0. The standard InChI is InChI=1S/C18H17N3O3S/c22-12-21(15-5-8-19-9-6-15)10-7-13-1-3-14(4-2-13)11-16-17(23)20-18(24)25-16/h1-6,8-9,12,16H,7,10-11H2,(H,20,23,24)/t16-/m1/s1. The van der Waals surface area contributed by atoms with Gasteiger partial charge in [-0.1, -0.05) is 36.0 Å². The van der Waals surface area contributed by atoms with Gasteiger partial charge in [-0.25, -0.2) is 0 Å². The minimum absolute atomic E-state index is 0.224. The number of anilines is 1. The van der Waals surface area contributed by atoms with Gasteiger partial charge in [-0.05, 0) is 36.1 Å². The number of pyridine rings is 1. The molecule has 1 saturated heterocycles. The molecule has 3 amide bonds. The van der Waals surface area contributed by atoms with Crippen LogP contribution in [0.4, 0.5) is 10.5 Å². The van der Waals surface area contributed by atoms with Crippen molar-refractivity contribution in [3.05, 3.63) is 59.9 Å². The number of hydrogen-bond donors (Lipinski definition) is 1. The summed E-state index contributed by atoms with van der Waals surface area (Å²) in [5, 5.41) is 1.66. The Balaban J connectivity index is 1.56. The number of thioether (sulfide) groups is 1. The average Bonchev–Trinajstić information content (AvgIpc) is 2.95. The third-order valence-electron chi connectivity index (χ3n) is 3.97. The summed E-state index contributed by atoms with van der Waals surface area (Å²) in [6, 6.07) is 11.5. The minimum atomic E-state index is -0.351. The lowest BCUT2D eigenvalue weighted by atomic mass is 10.0. The Morgan fingerprint density at radius 2 is 1.76 bits per heavy atom. The first-order valence-electron chi connectivity index (χ1n) is 7.87. The highest BCUT2D eigenvalue weighted by Crippen LogP contribution is 2.23. The summed E-state index contributed by atoms with van der Waals surface area (Å²) in [4.78, 5) is 39.7. The van der Waals surface area contributed by atoms with Crippen LogP contribution in [0.5, 0.6) is 0 Å². The number of carbonyl (C=O) groups excluding carboxylic acids is 3. The fourth-order valence-electron chi connectivity index (χ4n) is 2.61. The monoisotopic (exact) mass is 355 g/mol. The van der Waals surface area contributed by atoms with E-state index in [0.717, 1.165) is 41.4 Å². The topological polar surface area (TPSA) is 79.4 Å². The lowest BCUT2D eigenvalue weighted by molar-refractivity contribution is -0.119. The number of nitrogens with zero attached hydrogens (tertiary/aromatic N) is 2. The Bertz CT molecular complexity index is 765. The van der Waals surface area contributed by atoms with E-state index in [1.807, 2.05) is 24.3 Å². The van der Waals surface area contributed by atoms with Crippen LogP contribution in [0, 0.1) is 0 Å². The normalized spacial score (nSPS) is 16.6. The van der Waals surface area contributed by atoms with Crippen molar-refractivity contribution in [3.63, 3.8) is 0 Å². The van der Waals surface area contributed by atoms with Gasteiger partial charge in [-0.3, -0.25) is 24.7 Å². The second-order valence-corrected chi connectivity index (χ2v) is 6.83. The van der Waals surface area contributed by atoms with Crippen LogP contribution in [0.25, 0.3) is 0 Å². The molecule has 1 aliphatic rings. The van der Waals surface area contributed by atoms with E-state index in [2.05, 4.69) is 10.3 Å². The molecule has 0 unspecified atom stereocenters. The molecule has 1 aromatic heterocycles. The molecule has 0 saturated carbocycles. The van der Waals surface area contributed by atoms with Crippen LogP contribution in [0.3, 0.4) is 0 Å². The zero-order chi connectivity index (χ0) is 17.6. The average molecular weight is 355 g/mol. The molecule has 7 heteroatoms. The third-order valence-corrected chi connectivity index (χ3v) is 4.96. The van der Waals surface area contributed by atoms with Crippen molar-refractivity contribution in [3.8, 4) is 0 Å². The Kier molecular flexibility index (Phi) is 5.45. The molecule has 1 atom stereocenters. The van der Waals surface area contributed by atoms with E-state index in [9.17, 15) is 14.4 Å². The maximum Gasteiger partial charge on any atom is 0.286 e. The van der Waals surface area contributed by atoms with Crippen LogP contribution in [0.1, 0.15) is 11.1 Å². The highest BCUT2D eigenvalue weighted by molar-refractivity contribution is 8.15. The Hall–Kier alpha value is -2.67. The highest BCUT2D eigenvalue weighted by Gasteiger charge is 2.31. The van der Waals surface area contributed by atoms with Crippen LogP contribution in [0.2, 0.25) is 0 Å². The summed E-state index contributed by atoms with van der Waals surface area (Å²) < 4.78 is 0. The summed E-state index contributed by atoms with van der Waals surface area (Å²) in [5.74, 6) is -0.224. The first-order valence-corrected chi connectivity index (χ1v) is 8.75. The molecular formula is C18H17N3O3S. The fraction of sp³-hybridized carbons (Fsp3) is 0.222. The third kappa shape index (κ3) is 4.45. The maximum atomic E-state index is 11.6. The van der Waals surface area contributed by atoms with E-state index in [0.29, 0.717) is 13.0 Å². The fourth-order valence-corrected chi connectivity index (χ4v) is 3.47. The molecule has 0 radical (unpaired) electrons. The second-order valence-electron chi connectivity index (χ2n) is 5.66. The van der Waals surface area contributed by atoms with Gasteiger partial charge in [0.25, 0.3) is 5.24 Å². The van der Waals surface area contributed by atoms with Gasteiger partial charge in [-0.2, -0.15) is 0 Å². The van der Waals surface area contributed by atoms with E-state index >= 15 is 0 Å². The summed E-state index contributed by atoms with van der Waals surface area (Å²) in [6.45, 7) is 0.572. The van der Waals surface area contributed by atoms with Crippen LogP contribution < -0.4 is 10.2 Å². The Morgan fingerprint density at radius 1 is 1.08 bits per heavy atom. The molecule has 1 fully saturated rings. The first kappa shape index (κ1) is 17.2. The molecule has 6 nitrogen and oxygen atoms in total. The second kappa shape index (κ2) is 7.94. The SMILES string of the molecule is O=CN(CCc1ccc(C[C@H]2SC(=O)NC2=O)cc1)c1ccncc1. The number of aromatic nitrogens is 1. The molecule has 0 bridgehead atoms. The number of nitrogens with one attached hydrogen (secondary N) is 1. The number of amides is 3. The van der Waals surface area contributed by atoms with Gasteiger partial charge < -0.3 is 4.90 Å². The van der Waals surface area contributed by atoms with E-state index in [1.54, 1.807) is 29.4 Å².